The minimum atomic E-state index is -0.462. The minimum Gasteiger partial charge on any atom is -0.354 e. The van der Waals surface area contributed by atoms with Gasteiger partial charge >= 0.3 is 6.03 Å². The van der Waals surface area contributed by atoms with Crippen molar-refractivity contribution in [2.24, 2.45) is 0 Å². The van der Waals surface area contributed by atoms with E-state index in [1.54, 1.807) is 4.90 Å². The normalized spacial score (nSPS) is 17.7. The van der Waals surface area contributed by atoms with Gasteiger partial charge in [-0.3, -0.25) is 9.59 Å². The number of carbonyl (C=O) groups excluding carboxylic acids is 3. The molecule has 1 aromatic rings. The second-order valence-corrected chi connectivity index (χ2v) is 6.34. The van der Waals surface area contributed by atoms with Gasteiger partial charge < -0.3 is 20.9 Å². The molecule has 1 aliphatic rings. The fraction of sp³-hybridized carbons (Fsp3) is 0.500. The molecule has 136 valence electrons. The minimum absolute atomic E-state index is 0.135. The van der Waals surface area contributed by atoms with Gasteiger partial charge in [0, 0.05) is 32.6 Å². The third kappa shape index (κ3) is 5.77. The van der Waals surface area contributed by atoms with Crippen LogP contribution in [0.1, 0.15) is 32.3 Å². The zero-order valence-electron chi connectivity index (χ0n) is 14.7. The van der Waals surface area contributed by atoms with Gasteiger partial charge in [0.2, 0.25) is 11.8 Å². The summed E-state index contributed by atoms with van der Waals surface area (Å²) in [7, 11) is 0. The lowest BCUT2D eigenvalue weighted by Crippen LogP contribution is -2.52. The topological polar surface area (TPSA) is 90.5 Å². The quantitative estimate of drug-likeness (QED) is 0.718. The monoisotopic (exact) mass is 346 g/mol. The largest absolute Gasteiger partial charge is 0.354 e. The van der Waals surface area contributed by atoms with Crippen molar-refractivity contribution in [1.82, 2.24) is 20.9 Å². The average molecular weight is 346 g/mol. The summed E-state index contributed by atoms with van der Waals surface area (Å²) in [5.74, 6) is -0.311. The molecule has 1 aliphatic heterocycles. The molecule has 1 heterocycles. The molecule has 7 heteroatoms. The van der Waals surface area contributed by atoms with Crippen LogP contribution in [0.4, 0.5) is 4.79 Å². The van der Waals surface area contributed by atoms with Crippen molar-refractivity contribution in [3.8, 4) is 0 Å². The third-order valence-corrected chi connectivity index (χ3v) is 4.15. The molecule has 0 radical (unpaired) electrons. The Balaban J connectivity index is 1.84. The molecular weight excluding hydrogens is 320 g/mol. The van der Waals surface area contributed by atoms with Crippen LogP contribution in [-0.2, 0) is 16.1 Å². The van der Waals surface area contributed by atoms with Crippen LogP contribution in [0.25, 0.3) is 0 Å². The number of hydrogen-bond acceptors (Lipinski definition) is 3. The molecule has 0 spiro atoms. The van der Waals surface area contributed by atoms with Crippen LogP contribution in [0, 0.1) is 0 Å². The molecule has 4 amide bonds. The van der Waals surface area contributed by atoms with Gasteiger partial charge in [0.05, 0.1) is 0 Å². The highest BCUT2D eigenvalue weighted by atomic mass is 16.2. The standard InChI is InChI=1S/C18H26N4O3/c1-13(11-19-14(2)23)21-17(24)16-9-6-10-22(16)18(25)20-12-15-7-4-3-5-8-15/h3-5,7-8,13,16H,6,9-12H2,1-2H3,(H,19,23)(H,20,25)(H,21,24)/t13-,16+/m0/s1. The number of amides is 4. The lowest BCUT2D eigenvalue weighted by molar-refractivity contribution is -0.125. The summed E-state index contributed by atoms with van der Waals surface area (Å²) >= 11 is 0. The van der Waals surface area contributed by atoms with Crippen LogP contribution in [0.15, 0.2) is 30.3 Å². The fourth-order valence-corrected chi connectivity index (χ4v) is 2.84. The Labute approximate surface area is 148 Å². The van der Waals surface area contributed by atoms with Crippen molar-refractivity contribution in [2.45, 2.75) is 45.3 Å². The summed E-state index contributed by atoms with van der Waals surface area (Å²) in [6, 6.07) is 8.77. The van der Waals surface area contributed by atoms with Crippen molar-refractivity contribution < 1.29 is 14.4 Å². The van der Waals surface area contributed by atoms with Crippen molar-refractivity contribution in [1.29, 1.82) is 0 Å². The molecule has 0 aromatic heterocycles. The molecule has 2 rings (SSSR count). The van der Waals surface area contributed by atoms with Gasteiger partial charge in [0.25, 0.3) is 0 Å². The highest BCUT2D eigenvalue weighted by molar-refractivity contribution is 5.87. The Kier molecular flexibility index (Phi) is 6.80. The Morgan fingerprint density at radius 3 is 2.60 bits per heavy atom. The van der Waals surface area contributed by atoms with E-state index in [1.165, 1.54) is 6.92 Å². The van der Waals surface area contributed by atoms with E-state index in [0.717, 1.165) is 12.0 Å². The molecular formula is C18H26N4O3. The van der Waals surface area contributed by atoms with Crippen LogP contribution in [0.5, 0.6) is 0 Å². The number of nitrogens with one attached hydrogen (secondary N) is 3. The first-order valence-electron chi connectivity index (χ1n) is 8.60. The predicted molar refractivity (Wildman–Crippen MR) is 94.7 cm³/mol. The zero-order chi connectivity index (χ0) is 18.2. The summed E-state index contributed by atoms with van der Waals surface area (Å²) in [5.41, 5.74) is 1.01. The molecule has 0 bridgehead atoms. The summed E-state index contributed by atoms with van der Waals surface area (Å²) in [6.07, 6.45) is 1.45. The number of carbonyl (C=O) groups is 3. The summed E-state index contributed by atoms with van der Waals surface area (Å²) in [5, 5.41) is 8.40. The molecule has 0 saturated carbocycles. The van der Waals surface area contributed by atoms with E-state index in [-0.39, 0.29) is 23.9 Å². The van der Waals surface area contributed by atoms with Gasteiger partial charge in [-0.25, -0.2) is 4.79 Å². The second-order valence-electron chi connectivity index (χ2n) is 6.34. The first kappa shape index (κ1) is 18.8. The maximum absolute atomic E-state index is 12.4. The third-order valence-electron chi connectivity index (χ3n) is 4.15. The average Bonchev–Trinajstić information content (AvgIpc) is 3.08. The molecule has 25 heavy (non-hydrogen) atoms. The smallest absolute Gasteiger partial charge is 0.318 e. The van der Waals surface area contributed by atoms with E-state index in [2.05, 4.69) is 16.0 Å². The van der Waals surface area contributed by atoms with E-state index in [0.29, 0.717) is 26.1 Å². The maximum Gasteiger partial charge on any atom is 0.318 e. The molecule has 1 saturated heterocycles. The summed E-state index contributed by atoms with van der Waals surface area (Å²) in [6.45, 7) is 4.63. The maximum atomic E-state index is 12.4. The first-order valence-corrected chi connectivity index (χ1v) is 8.60. The number of rotatable bonds is 6. The van der Waals surface area contributed by atoms with Gasteiger partial charge in [-0.15, -0.1) is 0 Å². The van der Waals surface area contributed by atoms with Crippen molar-refractivity contribution >= 4 is 17.8 Å². The SMILES string of the molecule is CC(=O)NC[C@H](C)NC(=O)[C@H]1CCCN1C(=O)NCc1ccccc1. The molecule has 7 nitrogen and oxygen atoms in total. The number of benzene rings is 1. The van der Waals surface area contributed by atoms with E-state index < -0.39 is 6.04 Å². The van der Waals surface area contributed by atoms with E-state index in [9.17, 15) is 14.4 Å². The van der Waals surface area contributed by atoms with Crippen molar-refractivity contribution in [2.75, 3.05) is 13.1 Å². The van der Waals surface area contributed by atoms with Crippen molar-refractivity contribution in [3.05, 3.63) is 35.9 Å². The zero-order valence-corrected chi connectivity index (χ0v) is 14.7. The van der Waals surface area contributed by atoms with Gasteiger partial charge in [-0.1, -0.05) is 30.3 Å². The Hall–Kier alpha value is -2.57. The Morgan fingerprint density at radius 1 is 1.20 bits per heavy atom. The van der Waals surface area contributed by atoms with E-state index in [1.807, 2.05) is 37.3 Å². The summed E-state index contributed by atoms with van der Waals surface area (Å²) in [4.78, 5) is 37.4. The van der Waals surface area contributed by atoms with Crippen LogP contribution >= 0.6 is 0 Å². The number of urea groups is 1. The van der Waals surface area contributed by atoms with Crippen LogP contribution < -0.4 is 16.0 Å². The molecule has 0 unspecified atom stereocenters. The number of likely N-dealkylation sites (tertiary alicyclic amines) is 1. The molecule has 0 aliphatic carbocycles. The Bertz CT molecular complexity index is 606. The lowest BCUT2D eigenvalue weighted by atomic mass is 10.2. The lowest BCUT2D eigenvalue weighted by Gasteiger charge is -2.26. The summed E-state index contributed by atoms with van der Waals surface area (Å²) < 4.78 is 0. The van der Waals surface area contributed by atoms with Crippen LogP contribution in [0.2, 0.25) is 0 Å². The highest BCUT2D eigenvalue weighted by Gasteiger charge is 2.34. The van der Waals surface area contributed by atoms with Gasteiger partial charge in [-0.2, -0.15) is 0 Å². The van der Waals surface area contributed by atoms with Gasteiger partial charge in [-0.05, 0) is 25.3 Å². The molecule has 3 N–H and O–H groups in total. The number of hydrogen-bond donors (Lipinski definition) is 3. The van der Waals surface area contributed by atoms with Crippen LogP contribution in [0.3, 0.4) is 0 Å². The van der Waals surface area contributed by atoms with E-state index in [4.69, 9.17) is 0 Å². The van der Waals surface area contributed by atoms with E-state index >= 15 is 0 Å². The fourth-order valence-electron chi connectivity index (χ4n) is 2.84. The number of nitrogens with zero attached hydrogens (tertiary/aromatic N) is 1. The molecule has 1 fully saturated rings. The Morgan fingerprint density at radius 2 is 1.92 bits per heavy atom. The predicted octanol–water partition coefficient (Wildman–Crippen LogP) is 1.00. The van der Waals surface area contributed by atoms with Crippen LogP contribution in [-0.4, -0.2) is 47.9 Å². The molecule has 2 atom stereocenters. The first-order chi connectivity index (χ1) is 12.0. The second kappa shape index (κ2) is 9.05. The molecule has 1 aromatic carbocycles. The van der Waals surface area contributed by atoms with Crippen molar-refractivity contribution in [3.63, 3.8) is 0 Å². The van der Waals surface area contributed by atoms with Gasteiger partial charge in [0.15, 0.2) is 0 Å². The van der Waals surface area contributed by atoms with Gasteiger partial charge in [0.1, 0.15) is 6.04 Å². The highest BCUT2D eigenvalue weighted by Crippen LogP contribution is 2.17.